The Morgan fingerprint density at radius 1 is 1.31 bits per heavy atom. The van der Waals surface area contributed by atoms with E-state index in [2.05, 4.69) is 0 Å². The van der Waals surface area contributed by atoms with Gasteiger partial charge in [0.1, 0.15) is 0 Å². The summed E-state index contributed by atoms with van der Waals surface area (Å²) in [5.41, 5.74) is 6.39. The number of aryl methyl sites for hydroxylation is 1. The molecule has 7 nitrogen and oxygen atoms in total. The van der Waals surface area contributed by atoms with Crippen LogP contribution in [-0.2, 0) is 19.5 Å². The number of hydrogen-bond acceptors (Lipinski definition) is 6. The van der Waals surface area contributed by atoms with Gasteiger partial charge in [0.25, 0.3) is 0 Å². The molecule has 148 valence electrons. The minimum Gasteiger partial charge on any atom is -0.465 e. The minimum absolute atomic E-state index is 0. The lowest BCUT2D eigenvalue weighted by Gasteiger charge is -2.31. The number of halogens is 1. The molecular formula is C17H27ClN2O5S. The Labute approximate surface area is 161 Å². The Balaban J connectivity index is 0.00000338. The van der Waals surface area contributed by atoms with Crippen LogP contribution in [0.2, 0.25) is 0 Å². The molecule has 0 amide bonds. The molecule has 1 aliphatic rings. The molecule has 0 radical (unpaired) electrons. The number of carbonyl (C=O) groups excluding carboxylic acids is 1. The molecule has 1 aliphatic heterocycles. The van der Waals surface area contributed by atoms with Crippen LogP contribution in [-0.4, -0.2) is 58.1 Å². The fourth-order valence-corrected chi connectivity index (χ4v) is 4.41. The van der Waals surface area contributed by atoms with Gasteiger partial charge in [-0.25, -0.2) is 13.2 Å². The van der Waals surface area contributed by atoms with Crippen LogP contribution in [0.3, 0.4) is 0 Å². The summed E-state index contributed by atoms with van der Waals surface area (Å²) in [7, 11) is -2.28. The molecule has 0 aromatic heterocycles. The van der Waals surface area contributed by atoms with E-state index >= 15 is 0 Å². The zero-order valence-electron chi connectivity index (χ0n) is 15.1. The van der Waals surface area contributed by atoms with Crippen molar-refractivity contribution in [3.63, 3.8) is 0 Å². The second kappa shape index (κ2) is 10.2. The highest BCUT2D eigenvalue weighted by atomic mass is 35.5. The highest BCUT2D eigenvalue weighted by molar-refractivity contribution is 7.89. The van der Waals surface area contributed by atoms with Gasteiger partial charge in [0.15, 0.2) is 0 Å². The van der Waals surface area contributed by atoms with Crippen LogP contribution in [0.1, 0.15) is 35.2 Å². The van der Waals surface area contributed by atoms with E-state index in [0.717, 1.165) is 6.42 Å². The van der Waals surface area contributed by atoms with Crippen molar-refractivity contribution >= 4 is 28.4 Å². The molecule has 0 atom stereocenters. The summed E-state index contributed by atoms with van der Waals surface area (Å²) in [6.45, 7) is 3.75. The second-order valence-corrected chi connectivity index (χ2v) is 8.02. The van der Waals surface area contributed by atoms with E-state index in [0.29, 0.717) is 50.2 Å². The zero-order valence-corrected chi connectivity index (χ0v) is 16.8. The zero-order chi connectivity index (χ0) is 18.4. The van der Waals surface area contributed by atoms with Crippen LogP contribution in [0.25, 0.3) is 0 Å². The van der Waals surface area contributed by atoms with Crippen LogP contribution < -0.4 is 5.73 Å². The molecule has 1 aromatic rings. The molecule has 0 aliphatic carbocycles. The Kier molecular flexibility index (Phi) is 8.99. The van der Waals surface area contributed by atoms with E-state index < -0.39 is 16.0 Å². The number of rotatable bonds is 7. The van der Waals surface area contributed by atoms with Gasteiger partial charge in [0.05, 0.1) is 23.7 Å². The van der Waals surface area contributed by atoms with Crippen molar-refractivity contribution < 1.29 is 22.7 Å². The lowest BCUT2D eigenvalue weighted by molar-refractivity contribution is 0.0209. The number of nitrogens with two attached hydrogens (primary N) is 1. The van der Waals surface area contributed by atoms with Crippen molar-refractivity contribution in [1.29, 1.82) is 0 Å². The Morgan fingerprint density at radius 2 is 1.96 bits per heavy atom. The highest BCUT2D eigenvalue weighted by Crippen LogP contribution is 2.24. The number of hydrogen-bond donors (Lipinski definition) is 1. The normalized spacial score (nSPS) is 16.1. The fourth-order valence-electron chi connectivity index (χ4n) is 2.86. The number of piperidine rings is 1. The number of benzene rings is 1. The van der Waals surface area contributed by atoms with Crippen molar-refractivity contribution in [2.24, 2.45) is 5.73 Å². The second-order valence-electron chi connectivity index (χ2n) is 6.08. The first-order valence-electron chi connectivity index (χ1n) is 8.41. The summed E-state index contributed by atoms with van der Waals surface area (Å²) < 4.78 is 37.5. The summed E-state index contributed by atoms with van der Waals surface area (Å²) >= 11 is 0. The van der Waals surface area contributed by atoms with Crippen LogP contribution in [0.15, 0.2) is 23.1 Å². The molecule has 2 rings (SSSR count). The van der Waals surface area contributed by atoms with Gasteiger partial charge in [-0.3, -0.25) is 0 Å². The number of methoxy groups -OCH3 is 1. The number of nitrogens with zero attached hydrogens (tertiary/aromatic N) is 1. The smallest absolute Gasteiger partial charge is 0.338 e. The van der Waals surface area contributed by atoms with Crippen LogP contribution in [0.5, 0.6) is 0 Å². The first-order chi connectivity index (χ1) is 11.9. The minimum atomic E-state index is -3.58. The molecule has 2 N–H and O–H groups in total. The van der Waals surface area contributed by atoms with E-state index in [4.69, 9.17) is 15.2 Å². The molecule has 0 saturated carbocycles. The van der Waals surface area contributed by atoms with E-state index in [-0.39, 0.29) is 23.4 Å². The molecule has 0 unspecified atom stereocenters. The van der Waals surface area contributed by atoms with Gasteiger partial charge in [0, 0.05) is 19.7 Å². The summed E-state index contributed by atoms with van der Waals surface area (Å²) in [6, 6.07) is 4.47. The van der Waals surface area contributed by atoms with Crippen LogP contribution in [0.4, 0.5) is 0 Å². The van der Waals surface area contributed by atoms with Gasteiger partial charge in [-0.1, -0.05) is 0 Å². The third-order valence-corrected chi connectivity index (χ3v) is 6.24. The maximum Gasteiger partial charge on any atom is 0.338 e. The van der Waals surface area contributed by atoms with Crippen molar-refractivity contribution in [3.05, 3.63) is 29.3 Å². The van der Waals surface area contributed by atoms with E-state index in [9.17, 15) is 13.2 Å². The van der Waals surface area contributed by atoms with Gasteiger partial charge < -0.3 is 15.2 Å². The number of esters is 1. The molecular weight excluding hydrogens is 380 g/mol. The Hall–Kier alpha value is -1.19. The first kappa shape index (κ1) is 22.9. The third-order valence-electron chi connectivity index (χ3n) is 4.34. The van der Waals surface area contributed by atoms with Gasteiger partial charge in [0.2, 0.25) is 10.0 Å². The predicted molar refractivity (Wildman–Crippen MR) is 101 cm³/mol. The van der Waals surface area contributed by atoms with Crippen molar-refractivity contribution in [1.82, 2.24) is 4.31 Å². The van der Waals surface area contributed by atoms with Crippen LogP contribution >= 0.6 is 12.4 Å². The van der Waals surface area contributed by atoms with Crippen molar-refractivity contribution in [3.8, 4) is 0 Å². The Bertz CT molecular complexity index is 703. The summed E-state index contributed by atoms with van der Waals surface area (Å²) in [6.07, 6.45) is 2.23. The predicted octanol–water partition coefficient (Wildman–Crippen LogP) is 1.72. The standard InChI is InChI=1S/C17H26N2O5S.ClH/c1-13-12-15(4-5-16(13)17(20)23-2)25(21,22)19-9-6-14(7-10-19)24-11-3-8-18;/h4-5,12,14H,3,6-11,18H2,1-2H3;1H. The molecule has 9 heteroatoms. The fraction of sp³-hybridized carbons (Fsp3) is 0.588. The van der Waals surface area contributed by atoms with Gasteiger partial charge in [-0.15, -0.1) is 12.4 Å². The maximum atomic E-state index is 12.8. The van der Waals surface area contributed by atoms with E-state index in [1.165, 1.54) is 29.6 Å². The number of sulfonamides is 1. The largest absolute Gasteiger partial charge is 0.465 e. The molecule has 0 bridgehead atoms. The average Bonchev–Trinajstić information content (AvgIpc) is 2.61. The lowest BCUT2D eigenvalue weighted by Crippen LogP contribution is -2.41. The molecule has 0 spiro atoms. The quantitative estimate of drug-likeness (QED) is 0.546. The number of ether oxygens (including phenoxy) is 2. The molecule has 1 aromatic carbocycles. The van der Waals surface area contributed by atoms with E-state index in [1.807, 2.05) is 0 Å². The van der Waals surface area contributed by atoms with Gasteiger partial charge in [-0.2, -0.15) is 4.31 Å². The number of carbonyl (C=O) groups is 1. The van der Waals surface area contributed by atoms with Gasteiger partial charge >= 0.3 is 5.97 Å². The summed E-state index contributed by atoms with van der Waals surface area (Å²) in [5.74, 6) is -0.475. The van der Waals surface area contributed by atoms with Crippen LogP contribution in [0, 0.1) is 6.92 Å². The monoisotopic (exact) mass is 406 g/mol. The highest BCUT2D eigenvalue weighted by Gasteiger charge is 2.30. The summed E-state index contributed by atoms with van der Waals surface area (Å²) in [5, 5.41) is 0. The SMILES string of the molecule is COC(=O)c1ccc(S(=O)(=O)N2CCC(OCCCN)CC2)cc1C.Cl. The summed E-state index contributed by atoms with van der Waals surface area (Å²) in [4.78, 5) is 11.8. The third kappa shape index (κ3) is 5.40. The first-order valence-corrected chi connectivity index (χ1v) is 9.85. The Morgan fingerprint density at radius 3 is 2.50 bits per heavy atom. The molecule has 1 heterocycles. The van der Waals surface area contributed by atoms with Crippen molar-refractivity contribution in [2.75, 3.05) is 33.4 Å². The average molecular weight is 407 g/mol. The molecule has 26 heavy (non-hydrogen) atoms. The molecule has 1 saturated heterocycles. The molecule has 1 fully saturated rings. The van der Waals surface area contributed by atoms with E-state index in [1.54, 1.807) is 6.92 Å². The topological polar surface area (TPSA) is 98.9 Å². The van der Waals surface area contributed by atoms with Crippen molar-refractivity contribution in [2.45, 2.75) is 37.2 Å². The van der Waals surface area contributed by atoms with Gasteiger partial charge in [-0.05, 0) is 56.5 Å². The lowest BCUT2D eigenvalue weighted by atomic mass is 10.1. The maximum absolute atomic E-state index is 12.8.